The van der Waals surface area contributed by atoms with E-state index in [0.29, 0.717) is 23.2 Å². The largest absolute Gasteiger partial charge is 0.495 e. The first-order valence-corrected chi connectivity index (χ1v) is 7.83. The Kier molecular flexibility index (Phi) is 6.30. The number of nitrogens with two attached hydrogens (primary N) is 1. The maximum Gasteiger partial charge on any atom is 0.137 e. The number of nitrogens with zero attached hydrogens (tertiary/aromatic N) is 1. The maximum absolute atomic E-state index is 6.24. The van der Waals surface area contributed by atoms with Gasteiger partial charge in [-0.15, -0.1) is 0 Å². The highest BCUT2D eigenvalue weighted by Gasteiger charge is 2.26. The molecule has 1 fully saturated rings. The van der Waals surface area contributed by atoms with Crippen LogP contribution in [0.25, 0.3) is 0 Å². The summed E-state index contributed by atoms with van der Waals surface area (Å²) in [4.78, 5) is 2.45. The second-order valence-corrected chi connectivity index (χ2v) is 6.01. The Labute approximate surface area is 132 Å². The molecule has 0 saturated carbocycles. The third-order valence-corrected chi connectivity index (χ3v) is 4.47. The first-order chi connectivity index (χ1) is 10.2. The number of benzene rings is 1. The van der Waals surface area contributed by atoms with Crippen LogP contribution in [0, 0.1) is 5.92 Å². The van der Waals surface area contributed by atoms with Crippen molar-refractivity contribution < 1.29 is 9.47 Å². The Hall–Kier alpha value is -0.810. The Morgan fingerprint density at radius 1 is 1.43 bits per heavy atom. The molecule has 0 amide bonds. The molecule has 0 radical (unpaired) electrons. The van der Waals surface area contributed by atoms with Crippen LogP contribution in [-0.2, 0) is 4.74 Å². The van der Waals surface area contributed by atoms with Crippen molar-refractivity contribution in [1.29, 1.82) is 0 Å². The smallest absolute Gasteiger partial charge is 0.137 e. The lowest BCUT2D eigenvalue weighted by atomic mass is 9.95. The monoisotopic (exact) mass is 312 g/mol. The Morgan fingerprint density at radius 3 is 2.86 bits per heavy atom. The van der Waals surface area contributed by atoms with Crippen molar-refractivity contribution in [3.8, 4) is 5.75 Å². The van der Waals surface area contributed by atoms with Crippen molar-refractivity contribution in [2.45, 2.75) is 18.9 Å². The fraction of sp³-hybridized carbons (Fsp3) is 0.625. The van der Waals surface area contributed by atoms with Gasteiger partial charge in [0.2, 0.25) is 0 Å². The second-order valence-electron chi connectivity index (χ2n) is 5.60. The highest BCUT2D eigenvalue weighted by Crippen LogP contribution is 2.31. The number of piperidine rings is 1. The fourth-order valence-corrected chi connectivity index (χ4v) is 3.40. The zero-order valence-corrected chi connectivity index (χ0v) is 13.6. The van der Waals surface area contributed by atoms with Gasteiger partial charge in [-0.1, -0.05) is 17.7 Å². The van der Waals surface area contributed by atoms with Gasteiger partial charge in [0.05, 0.1) is 18.7 Å². The summed E-state index contributed by atoms with van der Waals surface area (Å²) < 4.78 is 10.5. The van der Waals surface area contributed by atoms with Crippen LogP contribution in [0.5, 0.6) is 5.75 Å². The van der Waals surface area contributed by atoms with Crippen molar-refractivity contribution in [3.63, 3.8) is 0 Å². The summed E-state index contributed by atoms with van der Waals surface area (Å²) in [6, 6.07) is 6.14. The molecular formula is C16H25ClN2O2. The molecular weight excluding hydrogens is 288 g/mol. The lowest BCUT2D eigenvalue weighted by molar-refractivity contribution is 0.0697. The zero-order valence-electron chi connectivity index (χ0n) is 12.8. The van der Waals surface area contributed by atoms with Gasteiger partial charge in [-0.25, -0.2) is 0 Å². The lowest BCUT2D eigenvalue weighted by Gasteiger charge is -2.38. The SMILES string of the molecule is COCC1CCCN(C(CN)c2ccc(OC)c(Cl)c2)C1. The summed E-state index contributed by atoms with van der Waals surface area (Å²) in [5.41, 5.74) is 7.18. The Morgan fingerprint density at radius 2 is 2.24 bits per heavy atom. The van der Waals surface area contributed by atoms with Crippen LogP contribution in [-0.4, -0.2) is 45.4 Å². The summed E-state index contributed by atoms with van der Waals surface area (Å²) in [5, 5.41) is 0.638. The first kappa shape index (κ1) is 16.6. The van der Waals surface area contributed by atoms with E-state index in [1.54, 1.807) is 14.2 Å². The standard InChI is InChI=1S/C16H25ClN2O2/c1-20-11-12-4-3-7-19(10-12)15(9-18)13-5-6-16(21-2)14(17)8-13/h5-6,8,12,15H,3-4,7,9-11,18H2,1-2H3. The van der Waals surface area contributed by atoms with Gasteiger partial charge in [0.1, 0.15) is 5.75 Å². The molecule has 1 aliphatic rings. The van der Waals surface area contributed by atoms with E-state index in [-0.39, 0.29) is 6.04 Å². The van der Waals surface area contributed by atoms with Crippen LogP contribution < -0.4 is 10.5 Å². The number of hydrogen-bond donors (Lipinski definition) is 1. The number of halogens is 1. The molecule has 1 aliphatic heterocycles. The second kappa shape index (κ2) is 7.99. The third kappa shape index (κ3) is 4.10. The molecule has 1 saturated heterocycles. The molecule has 4 nitrogen and oxygen atoms in total. The maximum atomic E-state index is 6.24. The van der Waals surface area contributed by atoms with E-state index in [4.69, 9.17) is 26.8 Å². The molecule has 5 heteroatoms. The quantitative estimate of drug-likeness (QED) is 0.877. The molecule has 1 aromatic carbocycles. The molecule has 0 aromatic heterocycles. The molecule has 0 bridgehead atoms. The van der Waals surface area contributed by atoms with E-state index in [9.17, 15) is 0 Å². The Bertz CT molecular complexity index is 454. The average molecular weight is 313 g/mol. The number of ether oxygens (including phenoxy) is 2. The normalized spacial score (nSPS) is 21.2. The summed E-state index contributed by atoms with van der Waals surface area (Å²) in [6.07, 6.45) is 2.42. The van der Waals surface area contributed by atoms with Gasteiger partial charge in [-0.3, -0.25) is 4.90 Å². The van der Waals surface area contributed by atoms with Gasteiger partial charge in [-0.05, 0) is 43.0 Å². The summed E-state index contributed by atoms with van der Waals surface area (Å²) in [6.45, 7) is 3.50. The number of methoxy groups -OCH3 is 2. The van der Waals surface area contributed by atoms with E-state index in [1.807, 2.05) is 12.1 Å². The van der Waals surface area contributed by atoms with E-state index >= 15 is 0 Å². The lowest BCUT2D eigenvalue weighted by Crippen LogP contribution is -2.42. The van der Waals surface area contributed by atoms with Crippen LogP contribution in [0.3, 0.4) is 0 Å². The highest BCUT2D eigenvalue weighted by atomic mass is 35.5. The fourth-order valence-electron chi connectivity index (χ4n) is 3.14. The van der Waals surface area contributed by atoms with Gasteiger partial charge >= 0.3 is 0 Å². The van der Waals surface area contributed by atoms with E-state index < -0.39 is 0 Å². The predicted molar refractivity (Wildman–Crippen MR) is 86.0 cm³/mol. The van der Waals surface area contributed by atoms with Gasteiger partial charge in [0.25, 0.3) is 0 Å². The average Bonchev–Trinajstić information content (AvgIpc) is 2.49. The van der Waals surface area contributed by atoms with Crippen molar-refractivity contribution >= 4 is 11.6 Å². The van der Waals surface area contributed by atoms with Crippen molar-refractivity contribution in [2.24, 2.45) is 11.7 Å². The first-order valence-electron chi connectivity index (χ1n) is 7.46. The minimum atomic E-state index is 0.202. The molecule has 2 atom stereocenters. The van der Waals surface area contributed by atoms with E-state index in [1.165, 1.54) is 12.8 Å². The van der Waals surface area contributed by atoms with Gasteiger partial charge in [0.15, 0.2) is 0 Å². The van der Waals surface area contributed by atoms with Crippen LogP contribution in [0.1, 0.15) is 24.4 Å². The number of rotatable bonds is 6. The highest BCUT2D eigenvalue weighted by molar-refractivity contribution is 6.32. The summed E-state index contributed by atoms with van der Waals surface area (Å²) >= 11 is 6.24. The van der Waals surface area contributed by atoms with Crippen LogP contribution in [0.15, 0.2) is 18.2 Å². The molecule has 21 heavy (non-hydrogen) atoms. The van der Waals surface area contributed by atoms with E-state index in [0.717, 1.165) is 25.3 Å². The molecule has 2 unspecified atom stereocenters. The van der Waals surface area contributed by atoms with Crippen LogP contribution in [0.2, 0.25) is 5.02 Å². The Balaban J connectivity index is 2.13. The van der Waals surface area contributed by atoms with Crippen LogP contribution >= 0.6 is 11.6 Å². The molecule has 2 rings (SSSR count). The zero-order chi connectivity index (χ0) is 15.2. The molecule has 118 valence electrons. The third-order valence-electron chi connectivity index (χ3n) is 4.18. The van der Waals surface area contributed by atoms with Crippen molar-refractivity contribution in [3.05, 3.63) is 28.8 Å². The molecule has 2 N–H and O–H groups in total. The van der Waals surface area contributed by atoms with Gasteiger partial charge in [0, 0.05) is 26.2 Å². The van der Waals surface area contributed by atoms with E-state index in [2.05, 4.69) is 11.0 Å². The molecule has 1 aromatic rings. The summed E-state index contributed by atoms with van der Waals surface area (Å²) in [5.74, 6) is 1.29. The summed E-state index contributed by atoms with van der Waals surface area (Å²) in [7, 11) is 3.39. The van der Waals surface area contributed by atoms with Gasteiger partial charge in [-0.2, -0.15) is 0 Å². The van der Waals surface area contributed by atoms with Crippen molar-refractivity contribution in [1.82, 2.24) is 4.90 Å². The molecule has 0 spiro atoms. The van der Waals surface area contributed by atoms with Crippen LogP contribution in [0.4, 0.5) is 0 Å². The minimum Gasteiger partial charge on any atom is -0.495 e. The molecule has 1 heterocycles. The molecule has 0 aliphatic carbocycles. The van der Waals surface area contributed by atoms with Crippen molar-refractivity contribution in [2.75, 3.05) is 40.5 Å². The number of likely N-dealkylation sites (tertiary alicyclic amines) is 1. The minimum absolute atomic E-state index is 0.202. The van der Waals surface area contributed by atoms with Gasteiger partial charge < -0.3 is 15.2 Å². The topological polar surface area (TPSA) is 47.7 Å². The predicted octanol–water partition coefficient (Wildman–Crippen LogP) is 2.71. The number of hydrogen-bond acceptors (Lipinski definition) is 4.